The molecular weight excluding hydrogens is 378 g/mol. The molecule has 6 N–H and O–H groups in total. The number of hydrogen-bond donors (Lipinski definition) is 5. The van der Waals surface area contributed by atoms with Crippen LogP contribution in [0.3, 0.4) is 0 Å². The first-order valence-corrected chi connectivity index (χ1v) is 12.4. The van der Waals surface area contributed by atoms with Crippen molar-refractivity contribution in [3.05, 3.63) is 0 Å². The first-order chi connectivity index (χ1) is 14.7. The summed E-state index contributed by atoms with van der Waals surface area (Å²) in [7, 11) is 0. The molecule has 2 amide bonds. The van der Waals surface area contributed by atoms with Crippen LogP contribution < -0.4 is 27.0 Å². The number of nitrogens with two attached hydrogens (primary N) is 1. The Morgan fingerprint density at radius 3 is 2.20 bits per heavy atom. The number of unbranched alkanes of at least 4 members (excludes halogenated alkanes) is 1. The minimum Gasteiger partial charge on any atom is -0.354 e. The largest absolute Gasteiger partial charge is 0.354 e. The van der Waals surface area contributed by atoms with Gasteiger partial charge in [0.25, 0.3) is 0 Å². The van der Waals surface area contributed by atoms with Gasteiger partial charge in [-0.15, -0.1) is 0 Å². The average Bonchev–Trinajstić information content (AvgIpc) is 2.75. The number of hydrogen-bond acceptors (Lipinski definition) is 5. The van der Waals surface area contributed by atoms with Crippen LogP contribution in [0.15, 0.2) is 0 Å². The molecule has 176 valence electrons. The maximum atomic E-state index is 12.7. The van der Waals surface area contributed by atoms with Gasteiger partial charge in [-0.2, -0.15) is 0 Å². The van der Waals surface area contributed by atoms with Crippen molar-refractivity contribution in [2.75, 3.05) is 39.3 Å². The second kappa shape index (κ2) is 18.6. The molecule has 0 radical (unpaired) electrons. The lowest BCUT2D eigenvalue weighted by molar-refractivity contribution is -0.129. The Balaban J connectivity index is 2.15. The van der Waals surface area contributed by atoms with E-state index in [-0.39, 0.29) is 17.9 Å². The maximum absolute atomic E-state index is 12.7. The fraction of sp³-hybridized carbons (Fsp3) is 0.913. The van der Waals surface area contributed by atoms with Crippen molar-refractivity contribution in [2.45, 2.75) is 90.0 Å². The van der Waals surface area contributed by atoms with Gasteiger partial charge in [0.1, 0.15) is 6.04 Å². The third-order valence-corrected chi connectivity index (χ3v) is 5.77. The standard InChI is InChI=1S/C23H47N5O2/c1-2-10-22(29)28-21(19-20-11-4-3-5-12-20)23(30)27-18-7-6-14-25-16-9-17-26-15-8-13-24/h20-21,25-26H,2-19,24H2,1H3,(H,27,30)(H,28,29). The van der Waals surface area contributed by atoms with E-state index in [1.54, 1.807) is 0 Å². The molecule has 1 rings (SSSR count). The van der Waals surface area contributed by atoms with Crippen LogP contribution in [0.4, 0.5) is 0 Å². The molecule has 1 aliphatic carbocycles. The number of carbonyl (C=O) groups excluding carboxylic acids is 2. The molecule has 1 fully saturated rings. The van der Waals surface area contributed by atoms with Crippen molar-refractivity contribution < 1.29 is 9.59 Å². The van der Waals surface area contributed by atoms with E-state index in [0.717, 1.165) is 71.2 Å². The molecule has 30 heavy (non-hydrogen) atoms. The van der Waals surface area contributed by atoms with Crippen LogP contribution >= 0.6 is 0 Å². The van der Waals surface area contributed by atoms with Gasteiger partial charge in [0, 0.05) is 13.0 Å². The average molecular weight is 426 g/mol. The summed E-state index contributed by atoms with van der Waals surface area (Å²) in [5, 5.41) is 12.9. The smallest absolute Gasteiger partial charge is 0.242 e. The van der Waals surface area contributed by atoms with E-state index in [2.05, 4.69) is 21.3 Å². The van der Waals surface area contributed by atoms with Crippen molar-refractivity contribution >= 4 is 11.8 Å². The third kappa shape index (κ3) is 13.9. The molecule has 7 nitrogen and oxygen atoms in total. The molecule has 0 aliphatic heterocycles. The molecule has 0 aromatic heterocycles. The predicted molar refractivity (Wildman–Crippen MR) is 124 cm³/mol. The highest BCUT2D eigenvalue weighted by atomic mass is 16.2. The van der Waals surface area contributed by atoms with Crippen molar-refractivity contribution in [2.24, 2.45) is 11.7 Å². The molecule has 1 unspecified atom stereocenters. The molecule has 0 saturated heterocycles. The number of amides is 2. The molecule has 0 aromatic rings. The zero-order valence-corrected chi connectivity index (χ0v) is 19.3. The van der Waals surface area contributed by atoms with Crippen LogP contribution in [0.25, 0.3) is 0 Å². The molecule has 0 heterocycles. The van der Waals surface area contributed by atoms with Gasteiger partial charge in [-0.1, -0.05) is 39.0 Å². The summed E-state index contributed by atoms with van der Waals surface area (Å²) in [6.07, 6.45) is 12.4. The second-order valence-corrected chi connectivity index (χ2v) is 8.60. The Hall–Kier alpha value is -1.18. The number of rotatable bonds is 18. The molecule has 0 spiro atoms. The summed E-state index contributed by atoms with van der Waals surface area (Å²) >= 11 is 0. The van der Waals surface area contributed by atoms with Gasteiger partial charge >= 0.3 is 0 Å². The number of carbonyl (C=O) groups is 2. The fourth-order valence-corrected chi connectivity index (χ4v) is 4.01. The summed E-state index contributed by atoms with van der Waals surface area (Å²) in [6, 6.07) is -0.378. The van der Waals surface area contributed by atoms with Crippen LogP contribution in [-0.4, -0.2) is 57.1 Å². The molecule has 1 saturated carbocycles. The minimum absolute atomic E-state index is 0.00447. The topological polar surface area (TPSA) is 108 Å². The molecule has 0 bridgehead atoms. The van der Waals surface area contributed by atoms with E-state index in [1.807, 2.05) is 6.92 Å². The lowest BCUT2D eigenvalue weighted by Crippen LogP contribution is -2.48. The maximum Gasteiger partial charge on any atom is 0.242 e. The van der Waals surface area contributed by atoms with Gasteiger partial charge < -0.3 is 27.0 Å². The van der Waals surface area contributed by atoms with Crippen LogP contribution in [-0.2, 0) is 9.59 Å². The molecular formula is C23H47N5O2. The van der Waals surface area contributed by atoms with Gasteiger partial charge in [-0.3, -0.25) is 9.59 Å². The monoisotopic (exact) mass is 425 g/mol. The van der Waals surface area contributed by atoms with Crippen LogP contribution in [0, 0.1) is 5.92 Å². The second-order valence-electron chi connectivity index (χ2n) is 8.60. The molecule has 0 aromatic carbocycles. The zero-order chi connectivity index (χ0) is 21.9. The SMILES string of the molecule is CCCC(=O)NC(CC1CCCCC1)C(=O)NCCCCNCCCNCCCN. The summed E-state index contributed by atoms with van der Waals surface area (Å²) < 4.78 is 0. The van der Waals surface area contributed by atoms with E-state index in [0.29, 0.717) is 18.9 Å². The number of nitrogens with one attached hydrogen (secondary N) is 4. The van der Waals surface area contributed by atoms with E-state index in [1.165, 1.54) is 32.1 Å². The lowest BCUT2D eigenvalue weighted by atomic mass is 9.84. The van der Waals surface area contributed by atoms with Crippen molar-refractivity contribution in [3.8, 4) is 0 Å². The van der Waals surface area contributed by atoms with E-state index in [4.69, 9.17) is 5.73 Å². The first-order valence-electron chi connectivity index (χ1n) is 12.4. The third-order valence-electron chi connectivity index (χ3n) is 5.77. The summed E-state index contributed by atoms with van der Waals surface area (Å²) in [5.74, 6) is 0.544. The fourth-order valence-electron chi connectivity index (χ4n) is 4.01. The predicted octanol–water partition coefficient (Wildman–Crippen LogP) is 2.06. The Morgan fingerprint density at radius 1 is 0.900 bits per heavy atom. The zero-order valence-electron chi connectivity index (χ0n) is 19.3. The first kappa shape index (κ1) is 26.9. The van der Waals surface area contributed by atoms with E-state index in [9.17, 15) is 9.59 Å². The minimum atomic E-state index is -0.378. The highest BCUT2D eigenvalue weighted by Crippen LogP contribution is 2.27. The van der Waals surface area contributed by atoms with Crippen LogP contribution in [0.2, 0.25) is 0 Å². The molecule has 1 aliphatic rings. The van der Waals surface area contributed by atoms with Crippen molar-refractivity contribution in [1.29, 1.82) is 0 Å². The molecule has 1 atom stereocenters. The Bertz CT molecular complexity index is 441. The van der Waals surface area contributed by atoms with E-state index >= 15 is 0 Å². The molecule has 7 heteroatoms. The Morgan fingerprint density at radius 2 is 1.53 bits per heavy atom. The van der Waals surface area contributed by atoms with Gasteiger partial charge in [0.15, 0.2) is 0 Å². The summed E-state index contributed by atoms with van der Waals surface area (Å²) in [5.41, 5.74) is 5.46. The van der Waals surface area contributed by atoms with Crippen LogP contribution in [0.1, 0.15) is 84.0 Å². The van der Waals surface area contributed by atoms with Gasteiger partial charge in [0.2, 0.25) is 11.8 Å². The highest BCUT2D eigenvalue weighted by molar-refractivity contribution is 5.87. The lowest BCUT2D eigenvalue weighted by Gasteiger charge is -2.26. The quantitative estimate of drug-likeness (QED) is 0.216. The summed E-state index contributed by atoms with van der Waals surface area (Å²) in [6.45, 7) is 7.40. The highest BCUT2D eigenvalue weighted by Gasteiger charge is 2.25. The van der Waals surface area contributed by atoms with Crippen molar-refractivity contribution in [3.63, 3.8) is 0 Å². The van der Waals surface area contributed by atoms with Crippen LogP contribution in [0.5, 0.6) is 0 Å². The van der Waals surface area contributed by atoms with Crippen molar-refractivity contribution in [1.82, 2.24) is 21.3 Å². The van der Waals surface area contributed by atoms with Gasteiger partial charge in [-0.05, 0) is 77.2 Å². The van der Waals surface area contributed by atoms with Gasteiger partial charge in [0.05, 0.1) is 0 Å². The van der Waals surface area contributed by atoms with Gasteiger partial charge in [-0.25, -0.2) is 0 Å². The Kier molecular flexibility index (Phi) is 16.6. The van der Waals surface area contributed by atoms with E-state index < -0.39 is 0 Å². The Labute approximate surface area is 184 Å². The summed E-state index contributed by atoms with van der Waals surface area (Å²) in [4.78, 5) is 24.7. The normalized spacial score (nSPS) is 15.7.